The fourth-order valence-electron chi connectivity index (χ4n) is 2.08. The van der Waals surface area contributed by atoms with Crippen molar-refractivity contribution in [1.29, 1.82) is 5.41 Å². The van der Waals surface area contributed by atoms with E-state index >= 15 is 0 Å². The van der Waals surface area contributed by atoms with Gasteiger partial charge in [-0.05, 0) is 25.8 Å². The predicted octanol–water partition coefficient (Wildman–Crippen LogP) is 0.599. The summed E-state index contributed by atoms with van der Waals surface area (Å²) in [7, 11) is 0. The zero-order valence-corrected chi connectivity index (χ0v) is 8.83. The Hall–Kier alpha value is -1.10. The smallest absolute Gasteiger partial charge is 0.143 e. The molecule has 0 spiro atoms. The predicted molar refractivity (Wildman–Crippen MR) is 59.1 cm³/mol. The second-order valence-electron chi connectivity index (χ2n) is 4.24. The van der Waals surface area contributed by atoms with Crippen molar-refractivity contribution >= 4 is 11.5 Å². The third kappa shape index (κ3) is 2.68. The molecule has 2 aliphatic rings. The lowest BCUT2D eigenvalue weighted by molar-refractivity contribution is 0.0756. The van der Waals surface area contributed by atoms with Crippen molar-refractivity contribution in [3.8, 4) is 0 Å². The number of rotatable bonds is 2. The Balaban J connectivity index is 1.84. The molecule has 0 radical (unpaired) electrons. The molecule has 0 aliphatic carbocycles. The lowest BCUT2D eigenvalue weighted by Gasteiger charge is -2.19. The highest BCUT2D eigenvalue weighted by Crippen LogP contribution is 2.17. The van der Waals surface area contributed by atoms with E-state index in [-0.39, 0.29) is 12.1 Å². The van der Waals surface area contributed by atoms with Crippen LogP contribution in [0.1, 0.15) is 32.1 Å². The zero-order valence-electron chi connectivity index (χ0n) is 8.83. The van der Waals surface area contributed by atoms with Crippen LogP contribution in [-0.2, 0) is 4.84 Å². The maximum atomic E-state index is 7.91. The van der Waals surface area contributed by atoms with Crippen LogP contribution < -0.4 is 11.1 Å². The number of nitrogens with zero attached hydrogens (tertiary/aromatic N) is 1. The molecular weight excluding hydrogens is 192 g/mol. The Labute approximate surface area is 89.6 Å². The van der Waals surface area contributed by atoms with Gasteiger partial charge in [-0.2, -0.15) is 0 Å². The summed E-state index contributed by atoms with van der Waals surface area (Å²) in [4.78, 5) is 5.18. The Morgan fingerprint density at radius 2 is 2.40 bits per heavy atom. The van der Waals surface area contributed by atoms with E-state index in [0.717, 1.165) is 37.9 Å². The van der Waals surface area contributed by atoms with Crippen molar-refractivity contribution in [1.82, 2.24) is 5.32 Å². The van der Waals surface area contributed by atoms with Crippen molar-refractivity contribution < 1.29 is 4.84 Å². The molecule has 1 fully saturated rings. The van der Waals surface area contributed by atoms with E-state index in [1.165, 1.54) is 0 Å². The molecule has 84 valence electrons. The van der Waals surface area contributed by atoms with Crippen LogP contribution in [0.4, 0.5) is 0 Å². The zero-order chi connectivity index (χ0) is 10.7. The van der Waals surface area contributed by atoms with Crippen LogP contribution in [0.15, 0.2) is 5.16 Å². The molecule has 0 aromatic heterocycles. The highest BCUT2D eigenvalue weighted by molar-refractivity contribution is 5.87. The number of nitrogens with two attached hydrogens (primary N) is 1. The first kappa shape index (κ1) is 10.4. The third-order valence-electron chi connectivity index (χ3n) is 2.94. The van der Waals surface area contributed by atoms with Crippen molar-refractivity contribution in [2.45, 2.75) is 44.2 Å². The van der Waals surface area contributed by atoms with Gasteiger partial charge in [0.15, 0.2) is 0 Å². The van der Waals surface area contributed by atoms with Crippen molar-refractivity contribution in [3.05, 3.63) is 0 Å². The maximum Gasteiger partial charge on any atom is 0.143 e. The van der Waals surface area contributed by atoms with E-state index in [1.807, 2.05) is 0 Å². The molecule has 4 N–H and O–H groups in total. The number of amidine groups is 1. The Kier molecular flexibility index (Phi) is 3.20. The van der Waals surface area contributed by atoms with Gasteiger partial charge in [0.25, 0.3) is 0 Å². The molecule has 0 bridgehead atoms. The van der Waals surface area contributed by atoms with E-state index < -0.39 is 0 Å². The SMILES string of the molecule is N=C1CCCCNC1CC1CC(N)=NO1. The molecular formula is C10H18N4O. The van der Waals surface area contributed by atoms with Gasteiger partial charge in [0.2, 0.25) is 0 Å². The molecule has 0 amide bonds. The molecule has 2 unspecified atom stereocenters. The molecule has 0 aromatic carbocycles. The number of nitrogens with one attached hydrogen (secondary N) is 2. The summed E-state index contributed by atoms with van der Waals surface area (Å²) in [5.74, 6) is 0.570. The topological polar surface area (TPSA) is 83.5 Å². The molecule has 15 heavy (non-hydrogen) atoms. The minimum absolute atomic E-state index is 0.0564. The van der Waals surface area contributed by atoms with Crippen LogP contribution in [0.2, 0.25) is 0 Å². The first-order chi connectivity index (χ1) is 7.25. The lowest BCUT2D eigenvalue weighted by atomic mass is 10.0. The van der Waals surface area contributed by atoms with Crippen molar-refractivity contribution in [2.75, 3.05) is 6.54 Å². The second kappa shape index (κ2) is 4.61. The molecule has 5 heteroatoms. The van der Waals surface area contributed by atoms with Gasteiger partial charge in [0, 0.05) is 24.6 Å². The van der Waals surface area contributed by atoms with E-state index in [4.69, 9.17) is 16.0 Å². The lowest BCUT2D eigenvalue weighted by Crippen LogP contribution is -2.38. The normalized spacial score (nSPS) is 32.0. The number of oxime groups is 1. The van der Waals surface area contributed by atoms with Crippen LogP contribution in [0.25, 0.3) is 0 Å². The summed E-state index contributed by atoms with van der Waals surface area (Å²) in [6.07, 6.45) is 4.74. The van der Waals surface area contributed by atoms with Crippen molar-refractivity contribution in [3.63, 3.8) is 0 Å². The standard InChI is InChI=1S/C10H18N4O/c11-8-3-1-2-4-13-9(8)5-7-6-10(12)14-15-7/h7,9,11,13H,1-6H2,(H2,12,14). The molecule has 0 aromatic rings. The van der Waals surface area contributed by atoms with E-state index in [2.05, 4.69) is 10.5 Å². The first-order valence-corrected chi connectivity index (χ1v) is 5.54. The quantitative estimate of drug-likeness (QED) is 0.624. The van der Waals surface area contributed by atoms with Gasteiger partial charge in [-0.1, -0.05) is 5.16 Å². The fourth-order valence-corrected chi connectivity index (χ4v) is 2.08. The summed E-state index contributed by atoms with van der Waals surface area (Å²) in [6.45, 7) is 0.996. The molecule has 5 nitrogen and oxygen atoms in total. The van der Waals surface area contributed by atoms with Gasteiger partial charge in [-0.25, -0.2) is 0 Å². The largest absolute Gasteiger partial charge is 0.391 e. The van der Waals surface area contributed by atoms with Gasteiger partial charge >= 0.3 is 0 Å². The Morgan fingerprint density at radius 3 is 3.13 bits per heavy atom. The molecule has 2 heterocycles. The van der Waals surface area contributed by atoms with Gasteiger partial charge in [0.05, 0.1) is 0 Å². The minimum Gasteiger partial charge on any atom is -0.391 e. The summed E-state index contributed by atoms with van der Waals surface area (Å²) in [5, 5.41) is 15.0. The first-order valence-electron chi connectivity index (χ1n) is 5.54. The summed E-state index contributed by atoms with van der Waals surface area (Å²) >= 11 is 0. The van der Waals surface area contributed by atoms with E-state index in [1.54, 1.807) is 0 Å². The summed E-state index contributed by atoms with van der Waals surface area (Å²) in [6, 6.07) is 0.151. The van der Waals surface area contributed by atoms with Crippen LogP contribution in [-0.4, -0.2) is 30.2 Å². The van der Waals surface area contributed by atoms with Gasteiger partial charge in [-0.3, -0.25) is 0 Å². The van der Waals surface area contributed by atoms with Crippen LogP contribution in [0.3, 0.4) is 0 Å². The molecule has 1 saturated heterocycles. The highest BCUT2D eigenvalue weighted by atomic mass is 16.6. The van der Waals surface area contributed by atoms with Gasteiger partial charge in [0.1, 0.15) is 11.9 Å². The van der Waals surface area contributed by atoms with Crippen LogP contribution >= 0.6 is 0 Å². The Morgan fingerprint density at radius 1 is 1.53 bits per heavy atom. The van der Waals surface area contributed by atoms with Crippen molar-refractivity contribution in [2.24, 2.45) is 10.9 Å². The molecule has 2 aliphatic heterocycles. The monoisotopic (exact) mass is 210 g/mol. The second-order valence-corrected chi connectivity index (χ2v) is 4.24. The van der Waals surface area contributed by atoms with E-state index in [0.29, 0.717) is 12.3 Å². The summed E-state index contributed by atoms with van der Waals surface area (Å²) < 4.78 is 0. The Bertz CT molecular complexity index is 277. The molecule has 2 atom stereocenters. The van der Waals surface area contributed by atoms with Gasteiger partial charge in [-0.15, -0.1) is 0 Å². The molecule has 0 saturated carbocycles. The minimum atomic E-state index is 0.0564. The third-order valence-corrected chi connectivity index (χ3v) is 2.94. The fraction of sp³-hybridized carbons (Fsp3) is 0.800. The van der Waals surface area contributed by atoms with Gasteiger partial charge < -0.3 is 21.3 Å². The number of hydrogen-bond donors (Lipinski definition) is 3. The average molecular weight is 210 g/mol. The van der Waals surface area contributed by atoms with Crippen LogP contribution in [0, 0.1) is 5.41 Å². The highest BCUT2D eigenvalue weighted by Gasteiger charge is 2.26. The maximum absolute atomic E-state index is 7.91. The summed E-state index contributed by atoms with van der Waals surface area (Å²) in [5.41, 5.74) is 6.34. The van der Waals surface area contributed by atoms with E-state index in [9.17, 15) is 0 Å². The molecule has 2 rings (SSSR count). The van der Waals surface area contributed by atoms with Crippen LogP contribution in [0.5, 0.6) is 0 Å². The number of hydrogen-bond acceptors (Lipinski definition) is 5. The average Bonchev–Trinajstić information content (AvgIpc) is 2.50.